The Balaban J connectivity index is 1.87. The lowest BCUT2D eigenvalue weighted by Gasteiger charge is -2.15. The van der Waals surface area contributed by atoms with Crippen LogP contribution in [0.2, 0.25) is 0 Å². The minimum Gasteiger partial charge on any atom is -0.490 e. The summed E-state index contributed by atoms with van der Waals surface area (Å²) in [5.74, 6) is -0.983. The van der Waals surface area contributed by atoms with Crippen LogP contribution < -0.4 is 15.2 Å². The van der Waals surface area contributed by atoms with Crippen LogP contribution in [0.25, 0.3) is 6.08 Å². The summed E-state index contributed by atoms with van der Waals surface area (Å²) >= 11 is 4.14. The number of rotatable bonds is 8. The highest BCUT2D eigenvalue weighted by Gasteiger charge is 2.35. The van der Waals surface area contributed by atoms with Gasteiger partial charge in [-0.1, -0.05) is 18.2 Å². The van der Waals surface area contributed by atoms with Gasteiger partial charge in [-0.05, 0) is 64.5 Å². The highest BCUT2D eigenvalue weighted by molar-refractivity contribution is 9.10. The minimum atomic E-state index is -0.777. The summed E-state index contributed by atoms with van der Waals surface area (Å²) < 4.78 is 25.9. The van der Waals surface area contributed by atoms with Gasteiger partial charge in [0, 0.05) is 5.56 Å². The molecule has 0 unspecified atom stereocenters. The van der Waals surface area contributed by atoms with Gasteiger partial charge in [-0.3, -0.25) is 19.3 Å². The SMILES string of the molecule is CCOc1cc(/C=C2\SC(=O)N(CC(N)=O)C2=O)cc(Br)c1OCc1ccccc1F. The summed E-state index contributed by atoms with van der Waals surface area (Å²) in [6.45, 7) is 1.67. The number of halogens is 2. The number of benzene rings is 2. The van der Waals surface area contributed by atoms with E-state index in [2.05, 4.69) is 15.9 Å². The first-order valence-corrected chi connectivity index (χ1v) is 10.8. The third kappa shape index (κ3) is 5.45. The van der Waals surface area contributed by atoms with Crippen molar-refractivity contribution in [2.24, 2.45) is 5.73 Å². The number of imide groups is 1. The van der Waals surface area contributed by atoms with Gasteiger partial charge in [-0.25, -0.2) is 4.39 Å². The molecule has 1 aliphatic rings. The van der Waals surface area contributed by atoms with Crippen LogP contribution in [0.4, 0.5) is 9.18 Å². The van der Waals surface area contributed by atoms with Crippen molar-refractivity contribution in [3.05, 3.63) is 62.7 Å². The molecule has 0 radical (unpaired) electrons. The van der Waals surface area contributed by atoms with E-state index >= 15 is 0 Å². The van der Waals surface area contributed by atoms with Crippen LogP contribution in [0.1, 0.15) is 18.1 Å². The molecule has 7 nitrogen and oxygen atoms in total. The molecular weight excluding hydrogens is 491 g/mol. The number of hydrogen-bond acceptors (Lipinski definition) is 6. The van der Waals surface area contributed by atoms with Crippen molar-refractivity contribution in [1.29, 1.82) is 0 Å². The van der Waals surface area contributed by atoms with Gasteiger partial charge in [0.05, 0.1) is 16.0 Å². The second-order valence-electron chi connectivity index (χ2n) is 6.38. The Bertz CT molecular complexity index is 1080. The van der Waals surface area contributed by atoms with E-state index in [1.807, 2.05) is 0 Å². The molecule has 31 heavy (non-hydrogen) atoms. The highest BCUT2D eigenvalue weighted by atomic mass is 79.9. The van der Waals surface area contributed by atoms with Crippen molar-refractivity contribution in [2.45, 2.75) is 13.5 Å². The molecule has 0 saturated carbocycles. The van der Waals surface area contributed by atoms with Gasteiger partial charge in [-0.2, -0.15) is 0 Å². The van der Waals surface area contributed by atoms with E-state index in [1.165, 1.54) is 12.1 Å². The second-order valence-corrected chi connectivity index (χ2v) is 8.22. The lowest BCUT2D eigenvalue weighted by Crippen LogP contribution is -2.36. The molecule has 2 aromatic carbocycles. The number of amides is 3. The van der Waals surface area contributed by atoms with E-state index in [-0.39, 0.29) is 17.3 Å². The first-order chi connectivity index (χ1) is 14.8. The predicted molar refractivity (Wildman–Crippen MR) is 118 cm³/mol. The van der Waals surface area contributed by atoms with E-state index in [4.69, 9.17) is 15.2 Å². The van der Waals surface area contributed by atoms with Crippen LogP contribution in [-0.2, 0) is 16.2 Å². The molecule has 162 valence electrons. The van der Waals surface area contributed by atoms with Gasteiger partial charge in [0.15, 0.2) is 11.5 Å². The van der Waals surface area contributed by atoms with E-state index in [0.29, 0.717) is 33.7 Å². The van der Waals surface area contributed by atoms with Gasteiger partial charge in [0.1, 0.15) is 19.0 Å². The number of hydrogen-bond donors (Lipinski definition) is 1. The van der Waals surface area contributed by atoms with Crippen LogP contribution >= 0.6 is 27.7 Å². The molecule has 1 fully saturated rings. The molecule has 3 amide bonds. The summed E-state index contributed by atoms with van der Waals surface area (Å²) in [6, 6.07) is 9.62. The second kappa shape index (κ2) is 9.97. The Hall–Kier alpha value is -2.85. The lowest BCUT2D eigenvalue weighted by molar-refractivity contribution is -0.127. The first kappa shape index (κ1) is 22.8. The van der Waals surface area contributed by atoms with Crippen LogP contribution in [0.15, 0.2) is 45.8 Å². The number of primary amides is 1. The monoisotopic (exact) mass is 508 g/mol. The molecule has 0 aromatic heterocycles. The zero-order valence-corrected chi connectivity index (χ0v) is 18.8. The Morgan fingerprint density at radius 1 is 1.26 bits per heavy atom. The fraction of sp³-hybridized carbons (Fsp3) is 0.190. The molecule has 3 rings (SSSR count). The third-order valence-electron chi connectivity index (χ3n) is 4.15. The molecule has 2 aromatic rings. The number of carbonyl (C=O) groups is 3. The highest BCUT2D eigenvalue weighted by Crippen LogP contribution is 2.39. The summed E-state index contributed by atoms with van der Waals surface area (Å²) in [7, 11) is 0. The van der Waals surface area contributed by atoms with Crippen molar-refractivity contribution in [1.82, 2.24) is 4.90 Å². The molecule has 2 N–H and O–H groups in total. The molecule has 0 spiro atoms. The van der Waals surface area contributed by atoms with Crippen molar-refractivity contribution in [2.75, 3.05) is 13.2 Å². The molecule has 0 bridgehead atoms. The van der Waals surface area contributed by atoms with E-state index in [0.717, 1.165) is 16.7 Å². The van der Waals surface area contributed by atoms with Gasteiger partial charge < -0.3 is 15.2 Å². The average Bonchev–Trinajstić information content (AvgIpc) is 2.96. The summed E-state index contributed by atoms with van der Waals surface area (Å²) in [5, 5.41) is -0.566. The average molecular weight is 509 g/mol. The maximum Gasteiger partial charge on any atom is 0.294 e. The number of thioether (sulfide) groups is 1. The van der Waals surface area contributed by atoms with Crippen LogP contribution in [0.3, 0.4) is 0 Å². The van der Waals surface area contributed by atoms with Crippen LogP contribution in [0, 0.1) is 5.82 Å². The smallest absolute Gasteiger partial charge is 0.294 e. The fourth-order valence-electron chi connectivity index (χ4n) is 2.78. The van der Waals surface area contributed by atoms with Gasteiger partial charge in [0.25, 0.3) is 11.1 Å². The van der Waals surface area contributed by atoms with E-state index in [1.54, 1.807) is 37.3 Å². The van der Waals surface area contributed by atoms with Gasteiger partial charge >= 0.3 is 0 Å². The molecular formula is C21H18BrFN2O5S. The topological polar surface area (TPSA) is 98.9 Å². The quantitative estimate of drug-likeness (QED) is 0.539. The molecule has 1 aliphatic heterocycles. The Morgan fingerprint density at radius 3 is 2.68 bits per heavy atom. The lowest BCUT2D eigenvalue weighted by atomic mass is 10.1. The Morgan fingerprint density at radius 2 is 2.00 bits per heavy atom. The normalized spacial score (nSPS) is 14.9. The standard InChI is InChI=1S/C21H18BrFN2O5S/c1-2-29-16-8-12(9-17-20(27)25(10-18(24)26)21(28)31-17)7-14(22)19(16)30-11-13-5-3-4-6-15(13)23/h3-9H,2,10-11H2,1H3,(H2,24,26)/b17-9-. The Labute approximate surface area is 190 Å². The Kier molecular flexibility index (Phi) is 7.34. The summed E-state index contributed by atoms with van der Waals surface area (Å²) in [4.78, 5) is 36.4. The molecule has 0 atom stereocenters. The fourth-order valence-corrected chi connectivity index (χ4v) is 4.20. The maximum atomic E-state index is 13.9. The van der Waals surface area contributed by atoms with Gasteiger partial charge in [0.2, 0.25) is 5.91 Å². The molecule has 1 heterocycles. The first-order valence-electron chi connectivity index (χ1n) is 9.16. The van der Waals surface area contributed by atoms with Crippen molar-refractivity contribution in [3.63, 3.8) is 0 Å². The van der Waals surface area contributed by atoms with Crippen LogP contribution in [-0.4, -0.2) is 35.1 Å². The third-order valence-corrected chi connectivity index (χ3v) is 5.64. The van der Waals surface area contributed by atoms with E-state index < -0.39 is 23.6 Å². The molecule has 10 heteroatoms. The maximum absolute atomic E-state index is 13.9. The zero-order valence-electron chi connectivity index (χ0n) is 16.4. The number of ether oxygens (including phenoxy) is 2. The molecule has 0 aliphatic carbocycles. The number of nitrogens with two attached hydrogens (primary N) is 1. The number of nitrogens with zero attached hydrogens (tertiary/aromatic N) is 1. The largest absolute Gasteiger partial charge is 0.490 e. The van der Waals surface area contributed by atoms with Crippen molar-refractivity contribution in [3.8, 4) is 11.5 Å². The zero-order chi connectivity index (χ0) is 22.5. The van der Waals surface area contributed by atoms with Crippen molar-refractivity contribution >= 4 is 50.8 Å². The number of carbonyl (C=O) groups excluding carboxylic acids is 3. The van der Waals surface area contributed by atoms with E-state index in [9.17, 15) is 18.8 Å². The minimum absolute atomic E-state index is 0.00327. The molecule has 1 saturated heterocycles. The summed E-state index contributed by atoms with van der Waals surface area (Å²) in [5.41, 5.74) is 6.05. The van der Waals surface area contributed by atoms with Crippen LogP contribution in [0.5, 0.6) is 11.5 Å². The van der Waals surface area contributed by atoms with Crippen molar-refractivity contribution < 1.29 is 28.2 Å². The predicted octanol–water partition coefficient (Wildman–Crippen LogP) is 4.09. The summed E-state index contributed by atoms with van der Waals surface area (Å²) in [6.07, 6.45) is 1.51. The van der Waals surface area contributed by atoms with Gasteiger partial charge in [-0.15, -0.1) is 0 Å².